The molecule has 0 amide bonds. The van der Waals surface area contributed by atoms with Gasteiger partial charge in [0.15, 0.2) is 0 Å². The predicted octanol–water partition coefficient (Wildman–Crippen LogP) is 3.54. The van der Waals surface area contributed by atoms with Gasteiger partial charge in [0.05, 0.1) is 24.4 Å². The SMILES string of the molecule is CC1(C)CC2OC2CC1CCC1CCC2OC2C1. The molecule has 6 atom stereocenters. The number of ether oxygens (including phenoxy) is 2. The summed E-state index contributed by atoms with van der Waals surface area (Å²) in [4.78, 5) is 0. The number of hydrogen-bond donors (Lipinski definition) is 0. The molecule has 4 fully saturated rings. The van der Waals surface area contributed by atoms with Crippen molar-refractivity contribution in [2.24, 2.45) is 17.3 Å². The van der Waals surface area contributed by atoms with E-state index in [2.05, 4.69) is 13.8 Å². The number of hydrogen-bond acceptors (Lipinski definition) is 2. The zero-order valence-electron chi connectivity index (χ0n) is 11.7. The van der Waals surface area contributed by atoms with Crippen molar-refractivity contribution in [2.45, 2.75) is 83.2 Å². The molecule has 0 bridgehead atoms. The lowest BCUT2D eigenvalue weighted by Gasteiger charge is -2.37. The van der Waals surface area contributed by atoms with Gasteiger partial charge in [-0.3, -0.25) is 0 Å². The summed E-state index contributed by atoms with van der Waals surface area (Å²) in [5.41, 5.74) is 0.505. The normalized spacial score (nSPS) is 52.3. The molecule has 0 radical (unpaired) electrons. The van der Waals surface area contributed by atoms with Crippen LogP contribution in [-0.2, 0) is 9.47 Å². The molecule has 2 aliphatic carbocycles. The van der Waals surface area contributed by atoms with Gasteiger partial charge in [-0.1, -0.05) is 20.3 Å². The van der Waals surface area contributed by atoms with Gasteiger partial charge in [-0.25, -0.2) is 0 Å². The Morgan fingerprint density at radius 2 is 1.67 bits per heavy atom. The molecule has 4 rings (SSSR count). The maximum Gasteiger partial charge on any atom is 0.0847 e. The van der Waals surface area contributed by atoms with Gasteiger partial charge in [0.2, 0.25) is 0 Å². The van der Waals surface area contributed by atoms with Crippen LogP contribution in [0.4, 0.5) is 0 Å². The second kappa shape index (κ2) is 3.96. The molecule has 2 saturated heterocycles. The Kier molecular flexibility index (Phi) is 2.58. The summed E-state index contributed by atoms with van der Waals surface area (Å²) in [6.07, 6.45) is 12.1. The molecule has 4 aliphatic rings. The highest BCUT2D eigenvalue weighted by Gasteiger charge is 2.51. The Hall–Kier alpha value is -0.0800. The molecule has 18 heavy (non-hydrogen) atoms. The van der Waals surface area contributed by atoms with Gasteiger partial charge in [0.25, 0.3) is 0 Å². The summed E-state index contributed by atoms with van der Waals surface area (Å²) < 4.78 is 11.4. The lowest BCUT2D eigenvalue weighted by atomic mass is 9.66. The van der Waals surface area contributed by atoms with Gasteiger partial charge < -0.3 is 9.47 Å². The maximum atomic E-state index is 5.74. The van der Waals surface area contributed by atoms with E-state index in [-0.39, 0.29) is 0 Å². The van der Waals surface area contributed by atoms with Crippen molar-refractivity contribution in [1.82, 2.24) is 0 Å². The Morgan fingerprint density at radius 1 is 0.889 bits per heavy atom. The van der Waals surface area contributed by atoms with Crippen molar-refractivity contribution in [2.75, 3.05) is 0 Å². The number of rotatable bonds is 3. The highest BCUT2D eigenvalue weighted by atomic mass is 16.6. The van der Waals surface area contributed by atoms with Gasteiger partial charge in [-0.05, 0) is 55.8 Å². The van der Waals surface area contributed by atoms with Gasteiger partial charge >= 0.3 is 0 Å². The molecule has 2 heterocycles. The van der Waals surface area contributed by atoms with Gasteiger partial charge in [0, 0.05) is 0 Å². The van der Waals surface area contributed by atoms with E-state index in [1.54, 1.807) is 0 Å². The van der Waals surface area contributed by atoms with Crippen molar-refractivity contribution in [3.8, 4) is 0 Å². The van der Waals surface area contributed by atoms with Crippen LogP contribution >= 0.6 is 0 Å². The van der Waals surface area contributed by atoms with Crippen LogP contribution in [0.25, 0.3) is 0 Å². The first-order valence-electron chi connectivity index (χ1n) is 7.93. The summed E-state index contributed by atoms with van der Waals surface area (Å²) >= 11 is 0. The zero-order valence-corrected chi connectivity index (χ0v) is 11.7. The second-order valence-electron chi connectivity index (χ2n) is 7.81. The smallest absolute Gasteiger partial charge is 0.0847 e. The van der Waals surface area contributed by atoms with Crippen LogP contribution in [0.15, 0.2) is 0 Å². The minimum atomic E-state index is 0.505. The molecule has 0 aromatic carbocycles. The summed E-state index contributed by atoms with van der Waals surface area (Å²) in [6, 6.07) is 0. The molecule has 0 N–H and O–H groups in total. The molecule has 102 valence electrons. The summed E-state index contributed by atoms with van der Waals surface area (Å²) in [7, 11) is 0. The van der Waals surface area contributed by atoms with Crippen molar-refractivity contribution in [3.63, 3.8) is 0 Å². The van der Waals surface area contributed by atoms with Crippen LogP contribution in [0.3, 0.4) is 0 Å². The van der Waals surface area contributed by atoms with E-state index < -0.39 is 0 Å². The van der Waals surface area contributed by atoms with E-state index in [9.17, 15) is 0 Å². The van der Waals surface area contributed by atoms with Crippen LogP contribution < -0.4 is 0 Å². The minimum Gasteiger partial charge on any atom is -0.370 e. The summed E-state index contributed by atoms with van der Waals surface area (Å²) in [5.74, 6) is 1.83. The number of epoxide rings is 2. The molecule has 6 unspecified atom stereocenters. The van der Waals surface area contributed by atoms with Crippen LogP contribution in [0.2, 0.25) is 0 Å². The van der Waals surface area contributed by atoms with E-state index >= 15 is 0 Å². The zero-order chi connectivity index (χ0) is 12.3. The molecule has 0 spiro atoms. The maximum absolute atomic E-state index is 5.74. The van der Waals surface area contributed by atoms with E-state index in [0.29, 0.717) is 29.8 Å². The molecular formula is C16H26O2. The standard InChI is InChI=1S/C16H26O2/c1-16(2)9-15-14(18-15)8-11(16)5-3-10-4-6-12-13(7-10)17-12/h10-15H,3-9H2,1-2H3. The topological polar surface area (TPSA) is 25.1 Å². The Morgan fingerprint density at radius 3 is 2.50 bits per heavy atom. The fourth-order valence-electron chi connectivity index (χ4n) is 4.55. The summed E-state index contributed by atoms with van der Waals surface area (Å²) in [6.45, 7) is 4.91. The Labute approximate surface area is 110 Å². The highest BCUT2D eigenvalue weighted by molar-refractivity contribution is 5.00. The molecule has 2 heteroatoms. The van der Waals surface area contributed by atoms with Gasteiger partial charge in [-0.2, -0.15) is 0 Å². The van der Waals surface area contributed by atoms with Gasteiger partial charge in [-0.15, -0.1) is 0 Å². The quantitative estimate of drug-likeness (QED) is 0.716. The first kappa shape index (κ1) is 11.7. The van der Waals surface area contributed by atoms with E-state index in [4.69, 9.17) is 9.47 Å². The van der Waals surface area contributed by atoms with Crippen LogP contribution in [0.5, 0.6) is 0 Å². The second-order valence-corrected chi connectivity index (χ2v) is 7.81. The van der Waals surface area contributed by atoms with Crippen molar-refractivity contribution in [3.05, 3.63) is 0 Å². The van der Waals surface area contributed by atoms with Crippen LogP contribution in [0, 0.1) is 17.3 Å². The van der Waals surface area contributed by atoms with Crippen LogP contribution in [0.1, 0.15) is 58.8 Å². The van der Waals surface area contributed by atoms with E-state index in [1.807, 2.05) is 0 Å². The number of fused-ring (bicyclic) bond motifs is 2. The predicted molar refractivity (Wildman–Crippen MR) is 70.4 cm³/mol. The highest BCUT2D eigenvalue weighted by Crippen LogP contribution is 2.52. The van der Waals surface area contributed by atoms with Gasteiger partial charge in [0.1, 0.15) is 0 Å². The first-order valence-corrected chi connectivity index (χ1v) is 7.93. The third-order valence-electron chi connectivity index (χ3n) is 6.07. The fourth-order valence-corrected chi connectivity index (χ4v) is 4.55. The fraction of sp³-hybridized carbons (Fsp3) is 1.00. The molecule has 2 aliphatic heterocycles. The van der Waals surface area contributed by atoms with Crippen molar-refractivity contribution < 1.29 is 9.47 Å². The third kappa shape index (κ3) is 2.12. The molecule has 0 aromatic rings. The molecule has 2 nitrogen and oxygen atoms in total. The Bertz CT molecular complexity index is 338. The molecule has 2 saturated carbocycles. The van der Waals surface area contributed by atoms with Crippen LogP contribution in [-0.4, -0.2) is 24.4 Å². The average molecular weight is 250 g/mol. The monoisotopic (exact) mass is 250 g/mol. The Balaban J connectivity index is 1.30. The molecular weight excluding hydrogens is 224 g/mol. The molecule has 0 aromatic heterocycles. The van der Waals surface area contributed by atoms with Crippen molar-refractivity contribution in [1.29, 1.82) is 0 Å². The minimum absolute atomic E-state index is 0.505. The summed E-state index contributed by atoms with van der Waals surface area (Å²) in [5, 5.41) is 0. The third-order valence-corrected chi connectivity index (χ3v) is 6.07. The first-order chi connectivity index (χ1) is 8.62. The van der Waals surface area contributed by atoms with Crippen molar-refractivity contribution >= 4 is 0 Å². The lowest BCUT2D eigenvalue weighted by Crippen LogP contribution is -2.32. The van der Waals surface area contributed by atoms with E-state index in [0.717, 1.165) is 11.8 Å². The largest absolute Gasteiger partial charge is 0.370 e. The lowest BCUT2D eigenvalue weighted by molar-refractivity contribution is 0.136. The average Bonchev–Trinajstić information content (AvgIpc) is 3.18. The van der Waals surface area contributed by atoms with E-state index in [1.165, 1.54) is 44.9 Å².